The lowest BCUT2D eigenvalue weighted by Crippen LogP contribution is -2.59. The fraction of sp³-hybridized carbons (Fsp3) is 0.667. The number of likely N-dealkylation sites (tertiary alicyclic amines) is 1. The van der Waals surface area contributed by atoms with E-state index in [0.29, 0.717) is 24.6 Å². The van der Waals surface area contributed by atoms with Gasteiger partial charge in [0.2, 0.25) is 0 Å². The molecule has 108 valence electrons. The normalized spacial score (nSPS) is 41.8. The van der Waals surface area contributed by atoms with E-state index in [0.717, 1.165) is 37.7 Å². The van der Waals surface area contributed by atoms with Crippen LogP contribution in [0.4, 0.5) is 0 Å². The van der Waals surface area contributed by atoms with Crippen LogP contribution in [-0.2, 0) is 11.8 Å². The molecule has 3 aliphatic rings. The minimum Gasteiger partial charge on any atom is -0.497 e. The van der Waals surface area contributed by atoms with Crippen molar-refractivity contribution in [2.75, 3.05) is 20.6 Å². The van der Waals surface area contributed by atoms with Crippen molar-refractivity contribution in [1.82, 2.24) is 4.90 Å². The van der Waals surface area contributed by atoms with Gasteiger partial charge in [0, 0.05) is 15.6 Å². The zero-order valence-electron chi connectivity index (χ0n) is 17.7. The van der Waals surface area contributed by atoms with Crippen LogP contribution in [-0.4, -0.2) is 31.5 Å². The summed E-state index contributed by atoms with van der Waals surface area (Å²) < 4.78 is 51.1. The zero-order chi connectivity index (χ0) is 18.7. The van der Waals surface area contributed by atoms with Crippen LogP contribution in [0.2, 0.25) is 0 Å². The van der Waals surface area contributed by atoms with Crippen LogP contribution < -0.4 is 4.74 Å². The third-order valence-electron chi connectivity index (χ3n) is 5.93. The van der Waals surface area contributed by atoms with Gasteiger partial charge < -0.3 is 9.64 Å². The number of fused-ring (bicyclic) bond motifs is 1. The van der Waals surface area contributed by atoms with Gasteiger partial charge >= 0.3 is 0 Å². The molecule has 2 nitrogen and oxygen atoms in total. The lowest BCUT2D eigenvalue weighted by Gasteiger charge is -2.58. The Morgan fingerprint density at radius 3 is 3.25 bits per heavy atom. The number of hydrogen-bond donors (Lipinski definition) is 0. The smallest absolute Gasteiger partial charge is 0.119 e. The van der Waals surface area contributed by atoms with Gasteiger partial charge in [-0.25, -0.2) is 0 Å². The van der Waals surface area contributed by atoms with E-state index in [1.807, 2.05) is 12.1 Å². The molecule has 0 radical (unpaired) electrons. The van der Waals surface area contributed by atoms with E-state index in [1.54, 1.807) is 11.0 Å². The molecule has 0 N–H and O–H groups in total. The largest absolute Gasteiger partial charge is 0.497 e. The van der Waals surface area contributed by atoms with Gasteiger partial charge in [-0.15, -0.1) is 0 Å². The minimum absolute atomic E-state index is 0.0354. The molecule has 1 aliphatic heterocycles. The fourth-order valence-electron chi connectivity index (χ4n) is 5.05. The molecule has 2 bridgehead atoms. The number of rotatable bonds is 1. The summed E-state index contributed by atoms with van der Waals surface area (Å²) in [5, 5.41) is 0. The van der Waals surface area contributed by atoms with E-state index >= 15 is 0 Å². The molecule has 0 amide bonds. The van der Waals surface area contributed by atoms with E-state index in [9.17, 15) is 0 Å². The second-order valence-electron chi connectivity index (χ2n) is 6.64. The van der Waals surface area contributed by atoms with Gasteiger partial charge in [0.15, 0.2) is 0 Å². The lowest BCUT2D eigenvalue weighted by atomic mass is 9.52. The van der Waals surface area contributed by atoms with Crippen LogP contribution in [0.5, 0.6) is 5.75 Å². The first kappa shape index (κ1) is 7.84. The molecule has 1 aromatic rings. The first-order chi connectivity index (χ1) is 12.1. The number of methoxy groups -OCH3 is 1. The molecule has 1 saturated carbocycles. The second kappa shape index (κ2) is 4.49. The first-order valence-corrected chi connectivity index (χ1v) is 7.69. The number of hydrogen-bond acceptors (Lipinski definition) is 2. The summed E-state index contributed by atoms with van der Waals surface area (Å²) in [6.07, 6.45) is 5.90. The van der Waals surface area contributed by atoms with Gasteiger partial charge in [-0.1, -0.05) is 18.9 Å². The molecule has 1 saturated heterocycles. The van der Waals surface area contributed by atoms with Gasteiger partial charge in [0.05, 0.1) is 11.2 Å². The molecule has 3 atom stereocenters. The standard InChI is InChI=1S/C18H25NO/c1-19-10-9-18-8-4-3-5-15(18)17(19)11-13-6-7-14(20-2)12-16(13)18/h6-7,12,15,17H,3-5,8-11H2,1-2H3/t15-,17+,18+/m0/s1/i1D3,2D3. The van der Waals surface area contributed by atoms with E-state index in [2.05, 4.69) is 0 Å². The van der Waals surface area contributed by atoms with Crippen LogP contribution in [0.1, 0.15) is 51.5 Å². The van der Waals surface area contributed by atoms with Gasteiger partial charge in [-0.3, -0.25) is 0 Å². The Kier molecular flexibility index (Phi) is 1.76. The van der Waals surface area contributed by atoms with E-state index in [4.69, 9.17) is 13.0 Å². The summed E-state index contributed by atoms with van der Waals surface area (Å²) in [5.74, 6) is 0.708. The number of ether oxygens (including phenoxy) is 1. The summed E-state index contributed by atoms with van der Waals surface area (Å²) >= 11 is 0. The van der Waals surface area contributed by atoms with E-state index < -0.39 is 14.0 Å². The molecule has 1 aromatic carbocycles. The van der Waals surface area contributed by atoms with Crippen molar-refractivity contribution in [3.05, 3.63) is 29.3 Å². The van der Waals surface area contributed by atoms with Gasteiger partial charge in [0.1, 0.15) is 5.75 Å². The quantitative estimate of drug-likeness (QED) is 0.780. The molecule has 4 rings (SSSR count). The molecule has 20 heavy (non-hydrogen) atoms. The minimum atomic E-state index is -2.46. The lowest BCUT2D eigenvalue weighted by molar-refractivity contribution is 0.00274. The van der Waals surface area contributed by atoms with Crippen molar-refractivity contribution in [2.24, 2.45) is 5.92 Å². The van der Waals surface area contributed by atoms with E-state index in [-0.39, 0.29) is 11.5 Å². The summed E-state index contributed by atoms with van der Waals surface area (Å²) in [4.78, 5) is 1.73. The predicted molar refractivity (Wildman–Crippen MR) is 81.4 cm³/mol. The molecule has 2 aliphatic carbocycles. The predicted octanol–water partition coefficient (Wildman–Crippen LogP) is 3.38. The van der Waals surface area contributed by atoms with Crippen molar-refractivity contribution < 1.29 is 13.0 Å². The zero-order valence-corrected chi connectivity index (χ0v) is 11.7. The average molecular weight is 277 g/mol. The Balaban J connectivity index is 1.78. The molecular formula is C18H25NO. The number of benzene rings is 1. The van der Waals surface area contributed by atoms with Crippen molar-refractivity contribution in [3.63, 3.8) is 0 Å². The van der Waals surface area contributed by atoms with Crippen LogP contribution in [0, 0.1) is 5.92 Å². The Morgan fingerprint density at radius 2 is 2.35 bits per heavy atom. The van der Waals surface area contributed by atoms with Crippen molar-refractivity contribution >= 4 is 0 Å². The van der Waals surface area contributed by atoms with Crippen molar-refractivity contribution in [1.29, 1.82) is 0 Å². The topological polar surface area (TPSA) is 12.5 Å². The number of likely N-dealkylation sites (N-methyl/N-ethyl adjacent to an activating group) is 1. The van der Waals surface area contributed by atoms with Gasteiger partial charge in [0.25, 0.3) is 0 Å². The highest BCUT2D eigenvalue weighted by Gasteiger charge is 2.53. The third kappa shape index (κ3) is 1.60. The molecule has 2 fully saturated rings. The summed E-state index contributed by atoms with van der Waals surface area (Å²) in [5.41, 5.74) is 2.32. The van der Waals surface area contributed by atoms with Crippen LogP contribution in [0.25, 0.3) is 0 Å². The van der Waals surface area contributed by atoms with Gasteiger partial charge in [-0.05, 0) is 68.4 Å². The van der Waals surface area contributed by atoms with Crippen LogP contribution in [0.15, 0.2) is 18.2 Å². The summed E-state index contributed by atoms with van der Waals surface area (Å²) in [6.45, 7) is -1.49. The van der Waals surface area contributed by atoms with Gasteiger partial charge in [-0.2, -0.15) is 0 Å². The molecule has 1 heterocycles. The highest BCUT2D eigenvalue weighted by Crippen LogP contribution is 2.55. The van der Waals surface area contributed by atoms with Crippen molar-refractivity contribution in [2.45, 2.75) is 50.0 Å². The maximum atomic E-state index is 7.95. The van der Waals surface area contributed by atoms with Crippen LogP contribution in [0.3, 0.4) is 0 Å². The SMILES string of the molecule is [2H]C([2H])([2H])Oc1ccc2c(c1)[C@@]13CCCC[C@H]1[C@@H](C2)N(C([2H])([2H])[2H])CC3. The Morgan fingerprint density at radius 1 is 1.35 bits per heavy atom. The third-order valence-corrected chi connectivity index (χ3v) is 5.93. The molecule has 0 aromatic heterocycles. The highest BCUT2D eigenvalue weighted by atomic mass is 16.5. The first-order valence-electron chi connectivity index (χ1n) is 10.7. The summed E-state index contributed by atoms with van der Waals surface area (Å²) in [6, 6.07) is 5.61. The number of nitrogens with zero attached hydrogens (tertiary/aromatic N) is 1. The Hall–Kier alpha value is -1.02. The van der Waals surface area contributed by atoms with Crippen LogP contribution >= 0.6 is 0 Å². The second-order valence-corrected chi connectivity index (χ2v) is 6.64. The maximum Gasteiger partial charge on any atom is 0.119 e. The molecule has 0 unspecified atom stereocenters. The monoisotopic (exact) mass is 277 g/mol. The highest BCUT2D eigenvalue weighted by molar-refractivity contribution is 5.45. The molecule has 2 heteroatoms. The number of piperidine rings is 1. The maximum absolute atomic E-state index is 7.95. The average Bonchev–Trinajstić information content (AvgIpc) is 2.53. The van der Waals surface area contributed by atoms with Crippen molar-refractivity contribution in [3.8, 4) is 5.75 Å². The Labute approximate surface area is 130 Å². The summed E-state index contributed by atoms with van der Waals surface area (Å²) in [7, 11) is -2.46. The molecular weight excluding hydrogens is 246 g/mol. The van der Waals surface area contributed by atoms with E-state index in [1.165, 1.54) is 5.56 Å². The Bertz CT molecular complexity index is 700. The molecule has 0 spiro atoms. The fourth-order valence-corrected chi connectivity index (χ4v) is 5.05.